The van der Waals surface area contributed by atoms with Gasteiger partial charge < -0.3 is 4.74 Å². The third-order valence-electron chi connectivity index (χ3n) is 0.447. The summed E-state index contributed by atoms with van der Waals surface area (Å²) >= 11 is 0. The summed E-state index contributed by atoms with van der Waals surface area (Å²) in [4.78, 5) is 0. The van der Waals surface area contributed by atoms with Gasteiger partial charge in [0.15, 0.2) is 0 Å². The van der Waals surface area contributed by atoms with Crippen LogP contribution >= 0.6 is 0 Å². The highest BCUT2D eigenvalue weighted by Gasteiger charge is 1.82. The molecule has 0 fully saturated rings. The summed E-state index contributed by atoms with van der Waals surface area (Å²) in [7, 11) is 0. The van der Waals surface area contributed by atoms with E-state index >= 15 is 0 Å². The summed E-state index contributed by atoms with van der Waals surface area (Å²) in [5.41, 5.74) is 0. The van der Waals surface area contributed by atoms with E-state index in [2.05, 4.69) is 6.92 Å². The van der Waals surface area contributed by atoms with E-state index in [4.69, 9.17) is 4.74 Å². The van der Waals surface area contributed by atoms with Gasteiger partial charge in [0.1, 0.15) is 0 Å². The van der Waals surface area contributed by atoms with Gasteiger partial charge in [-0.2, -0.15) is 0 Å². The van der Waals surface area contributed by atoms with E-state index in [1.165, 1.54) is 0 Å². The normalized spacial score (nSPS) is 10.9. The minimum atomic E-state index is 0.0659. The molecule has 0 amide bonds. The van der Waals surface area contributed by atoms with E-state index in [9.17, 15) is 0 Å². The lowest BCUT2D eigenvalue weighted by atomic mass is 10.5. The molecule has 0 rings (SSSR count). The Bertz CT molecular complexity index is 55.2. The van der Waals surface area contributed by atoms with Crippen LogP contribution in [0.2, 0.25) is 0 Å². The van der Waals surface area contributed by atoms with Gasteiger partial charge in [-0.3, -0.25) is 0 Å². The Hall–Kier alpha value is -0.460. The van der Waals surface area contributed by atoms with Gasteiger partial charge in [0.25, 0.3) is 0 Å². The Morgan fingerprint density at radius 3 is 2.43 bits per heavy atom. The zero-order valence-electron chi connectivity index (χ0n) is 4.85. The maximum Gasteiger partial charge on any atom is 0.0951 e. The molecule has 0 aliphatic carbocycles. The van der Waals surface area contributed by atoms with E-state index < -0.39 is 0 Å². The van der Waals surface area contributed by atoms with Gasteiger partial charge in [-0.15, -0.1) is 0 Å². The Morgan fingerprint density at radius 1 is 1.71 bits per heavy atom. The summed E-state index contributed by atoms with van der Waals surface area (Å²) in [6, 6.07) is 0. The number of rotatable bonds is 2. The lowest BCUT2D eigenvalue weighted by molar-refractivity contribution is 0.201. The molecule has 1 radical (unpaired) electrons. The number of ether oxygens (including phenoxy) is 1. The molecule has 41 valence electrons. The molecule has 0 saturated carbocycles. The van der Waals surface area contributed by atoms with Crippen molar-refractivity contribution in [3.8, 4) is 0 Å². The van der Waals surface area contributed by atoms with Crippen molar-refractivity contribution in [2.45, 2.75) is 20.0 Å². The SMILES string of the molecule is [CH2]C(C)O/C=C\C. The highest BCUT2D eigenvalue weighted by atomic mass is 16.5. The Morgan fingerprint density at radius 2 is 2.29 bits per heavy atom. The van der Waals surface area contributed by atoms with Crippen LogP contribution in [0.15, 0.2) is 12.3 Å². The first-order valence-electron chi connectivity index (χ1n) is 2.37. The van der Waals surface area contributed by atoms with Crippen LogP contribution in [0.4, 0.5) is 0 Å². The van der Waals surface area contributed by atoms with E-state index in [1.807, 2.05) is 19.9 Å². The summed E-state index contributed by atoms with van der Waals surface area (Å²) < 4.78 is 4.90. The molecule has 0 aliphatic rings. The van der Waals surface area contributed by atoms with Gasteiger partial charge in [0.2, 0.25) is 0 Å². The highest BCUT2D eigenvalue weighted by Crippen LogP contribution is 1.85. The Labute approximate surface area is 45.0 Å². The maximum absolute atomic E-state index is 4.90. The van der Waals surface area contributed by atoms with Crippen LogP contribution in [0.3, 0.4) is 0 Å². The standard InChI is InChI=1S/C6H11O/c1-4-5-7-6(2)3/h4-6H,2H2,1,3H3/b5-4-. The molecule has 0 aromatic carbocycles. The third kappa shape index (κ3) is 5.54. The molecule has 7 heavy (non-hydrogen) atoms. The lowest BCUT2D eigenvalue weighted by Crippen LogP contribution is -1.94. The summed E-state index contributed by atoms with van der Waals surface area (Å²) in [5, 5.41) is 0. The van der Waals surface area contributed by atoms with E-state index in [0.717, 1.165) is 0 Å². The Kier molecular flexibility index (Phi) is 3.48. The minimum absolute atomic E-state index is 0.0659. The van der Waals surface area contributed by atoms with Crippen LogP contribution in [0, 0.1) is 6.92 Å². The molecule has 1 nitrogen and oxygen atoms in total. The fraction of sp³-hybridized carbons (Fsp3) is 0.500. The number of allylic oxidation sites excluding steroid dienone is 1. The van der Waals surface area contributed by atoms with Gasteiger partial charge in [-0.25, -0.2) is 0 Å². The van der Waals surface area contributed by atoms with Crippen LogP contribution in [0.5, 0.6) is 0 Å². The van der Waals surface area contributed by atoms with Crippen molar-refractivity contribution in [1.29, 1.82) is 0 Å². The van der Waals surface area contributed by atoms with Crippen molar-refractivity contribution in [1.82, 2.24) is 0 Å². The fourth-order valence-electron chi connectivity index (χ4n) is 0.213. The molecule has 0 bridgehead atoms. The smallest absolute Gasteiger partial charge is 0.0951 e. The molecule has 0 saturated heterocycles. The van der Waals surface area contributed by atoms with Gasteiger partial charge in [-0.1, -0.05) is 6.08 Å². The van der Waals surface area contributed by atoms with Crippen LogP contribution in [-0.2, 0) is 4.74 Å². The third-order valence-corrected chi connectivity index (χ3v) is 0.447. The van der Waals surface area contributed by atoms with Gasteiger partial charge in [-0.05, 0) is 20.8 Å². The molecular weight excluding hydrogens is 88.1 g/mol. The molecule has 0 aromatic rings. The minimum Gasteiger partial charge on any atom is -0.499 e. The molecule has 0 spiro atoms. The monoisotopic (exact) mass is 99.1 g/mol. The number of hydrogen-bond donors (Lipinski definition) is 0. The van der Waals surface area contributed by atoms with E-state index in [0.29, 0.717) is 0 Å². The quantitative estimate of drug-likeness (QED) is 0.479. The van der Waals surface area contributed by atoms with Crippen LogP contribution in [0.1, 0.15) is 13.8 Å². The molecule has 1 unspecified atom stereocenters. The molecule has 0 aromatic heterocycles. The summed E-state index contributed by atoms with van der Waals surface area (Å²) in [6.45, 7) is 7.40. The lowest BCUT2D eigenvalue weighted by Gasteiger charge is -2.00. The van der Waals surface area contributed by atoms with Gasteiger partial charge >= 0.3 is 0 Å². The summed E-state index contributed by atoms with van der Waals surface area (Å²) in [6.07, 6.45) is 3.54. The topological polar surface area (TPSA) is 9.23 Å². The van der Waals surface area contributed by atoms with Crippen molar-refractivity contribution in [3.05, 3.63) is 19.3 Å². The molecule has 1 heteroatoms. The molecule has 0 aliphatic heterocycles. The fourth-order valence-corrected chi connectivity index (χ4v) is 0.213. The average Bonchev–Trinajstić information content (AvgIpc) is 1.61. The van der Waals surface area contributed by atoms with Crippen molar-refractivity contribution in [3.63, 3.8) is 0 Å². The van der Waals surface area contributed by atoms with Crippen molar-refractivity contribution in [2.24, 2.45) is 0 Å². The first-order valence-corrected chi connectivity index (χ1v) is 2.37. The predicted molar refractivity (Wildman–Crippen MR) is 30.7 cm³/mol. The summed E-state index contributed by atoms with van der Waals surface area (Å²) in [5.74, 6) is 0. The van der Waals surface area contributed by atoms with Crippen molar-refractivity contribution >= 4 is 0 Å². The van der Waals surface area contributed by atoms with E-state index in [1.54, 1.807) is 6.26 Å². The Balaban J connectivity index is 2.97. The van der Waals surface area contributed by atoms with Gasteiger partial charge in [0, 0.05) is 0 Å². The van der Waals surface area contributed by atoms with Crippen LogP contribution in [0.25, 0.3) is 0 Å². The molecule has 0 heterocycles. The van der Waals surface area contributed by atoms with Crippen LogP contribution < -0.4 is 0 Å². The van der Waals surface area contributed by atoms with E-state index in [-0.39, 0.29) is 6.10 Å². The zero-order valence-corrected chi connectivity index (χ0v) is 4.85. The van der Waals surface area contributed by atoms with Crippen molar-refractivity contribution < 1.29 is 4.74 Å². The predicted octanol–water partition coefficient (Wildman–Crippen LogP) is 1.76. The molecular formula is C6H11O. The highest BCUT2D eigenvalue weighted by molar-refractivity contribution is 4.67. The number of hydrogen-bond acceptors (Lipinski definition) is 1. The first-order chi connectivity index (χ1) is 3.27. The average molecular weight is 99.2 g/mol. The van der Waals surface area contributed by atoms with Crippen molar-refractivity contribution in [2.75, 3.05) is 0 Å². The molecule has 0 N–H and O–H groups in total. The maximum atomic E-state index is 4.90. The second-order valence-electron chi connectivity index (χ2n) is 1.42. The molecule has 1 atom stereocenters. The zero-order chi connectivity index (χ0) is 5.70. The first kappa shape index (κ1) is 6.54. The largest absolute Gasteiger partial charge is 0.499 e. The van der Waals surface area contributed by atoms with Gasteiger partial charge in [0.05, 0.1) is 12.4 Å². The second kappa shape index (κ2) is 3.72. The van der Waals surface area contributed by atoms with Crippen LogP contribution in [-0.4, -0.2) is 6.10 Å². The second-order valence-corrected chi connectivity index (χ2v) is 1.42.